The van der Waals surface area contributed by atoms with Crippen LogP contribution >= 0.6 is 11.8 Å². The Morgan fingerprint density at radius 3 is 2.62 bits per heavy atom. The van der Waals surface area contributed by atoms with E-state index in [1.165, 1.54) is 0 Å². The fourth-order valence-electron chi connectivity index (χ4n) is 3.11. The SMILES string of the molecule is CSc1cccc(NC(=O)CC2(CC(=O)O)CCCC2)c1. The monoisotopic (exact) mass is 307 g/mol. The maximum Gasteiger partial charge on any atom is 0.303 e. The summed E-state index contributed by atoms with van der Waals surface area (Å²) in [5.74, 6) is -0.898. The summed E-state index contributed by atoms with van der Waals surface area (Å²) in [5.41, 5.74) is 0.419. The van der Waals surface area contributed by atoms with Gasteiger partial charge in [0.05, 0.1) is 6.42 Å². The Balaban J connectivity index is 2.00. The van der Waals surface area contributed by atoms with Crippen molar-refractivity contribution in [3.8, 4) is 0 Å². The summed E-state index contributed by atoms with van der Waals surface area (Å²) >= 11 is 1.62. The highest BCUT2D eigenvalue weighted by atomic mass is 32.2. The van der Waals surface area contributed by atoms with E-state index in [1.54, 1.807) is 11.8 Å². The van der Waals surface area contributed by atoms with Crippen LogP contribution in [0.15, 0.2) is 29.2 Å². The van der Waals surface area contributed by atoms with Gasteiger partial charge in [-0.3, -0.25) is 9.59 Å². The topological polar surface area (TPSA) is 66.4 Å². The molecule has 1 fully saturated rings. The molecule has 1 aliphatic carbocycles. The molecule has 0 atom stereocenters. The van der Waals surface area contributed by atoms with E-state index in [-0.39, 0.29) is 17.7 Å². The zero-order valence-corrected chi connectivity index (χ0v) is 13.0. The molecule has 0 saturated heterocycles. The minimum atomic E-state index is -0.811. The number of rotatable bonds is 6. The van der Waals surface area contributed by atoms with Crippen LogP contribution in [0.2, 0.25) is 0 Å². The highest BCUT2D eigenvalue weighted by molar-refractivity contribution is 7.98. The fourth-order valence-corrected chi connectivity index (χ4v) is 3.57. The van der Waals surface area contributed by atoms with Crippen molar-refractivity contribution in [2.24, 2.45) is 5.41 Å². The number of hydrogen-bond donors (Lipinski definition) is 2. The number of amides is 1. The van der Waals surface area contributed by atoms with E-state index in [1.807, 2.05) is 30.5 Å². The van der Waals surface area contributed by atoms with Crippen molar-refractivity contribution in [1.82, 2.24) is 0 Å². The number of carbonyl (C=O) groups is 2. The van der Waals surface area contributed by atoms with Crippen molar-refractivity contribution in [2.45, 2.75) is 43.4 Å². The standard InChI is InChI=1S/C16H21NO3S/c1-21-13-6-4-5-12(9-13)17-14(18)10-16(11-15(19)20)7-2-3-8-16/h4-6,9H,2-3,7-8,10-11H2,1H3,(H,17,18)(H,19,20). The van der Waals surface area contributed by atoms with Crippen molar-refractivity contribution >= 4 is 29.3 Å². The van der Waals surface area contributed by atoms with Crippen LogP contribution in [0.1, 0.15) is 38.5 Å². The summed E-state index contributed by atoms with van der Waals surface area (Å²) in [7, 11) is 0. The Morgan fingerprint density at radius 2 is 2.00 bits per heavy atom. The van der Waals surface area contributed by atoms with E-state index in [2.05, 4.69) is 5.32 Å². The minimum absolute atomic E-state index is 0.0867. The van der Waals surface area contributed by atoms with Gasteiger partial charge in [-0.2, -0.15) is 0 Å². The molecule has 1 amide bonds. The molecular formula is C16H21NO3S. The van der Waals surface area contributed by atoms with Crippen molar-refractivity contribution < 1.29 is 14.7 Å². The van der Waals surface area contributed by atoms with Crippen LogP contribution in [0.3, 0.4) is 0 Å². The predicted octanol–water partition coefficient (Wildman–Crippen LogP) is 3.77. The van der Waals surface area contributed by atoms with Gasteiger partial charge in [-0.05, 0) is 42.7 Å². The Kier molecular flexibility index (Phi) is 5.28. The zero-order valence-electron chi connectivity index (χ0n) is 12.2. The van der Waals surface area contributed by atoms with Crippen LogP contribution in [-0.2, 0) is 9.59 Å². The third-order valence-electron chi connectivity index (χ3n) is 4.08. The van der Waals surface area contributed by atoms with Gasteiger partial charge >= 0.3 is 5.97 Å². The maximum absolute atomic E-state index is 12.2. The summed E-state index contributed by atoms with van der Waals surface area (Å²) in [6.45, 7) is 0. The lowest BCUT2D eigenvalue weighted by Gasteiger charge is -2.26. The normalized spacial score (nSPS) is 16.6. The molecule has 2 rings (SSSR count). The molecule has 0 radical (unpaired) electrons. The van der Waals surface area contributed by atoms with Crippen LogP contribution in [0.25, 0.3) is 0 Å². The van der Waals surface area contributed by atoms with Crippen LogP contribution in [0.5, 0.6) is 0 Å². The first kappa shape index (κ1) is 15.9. The number of aliphatic carboxylic acids is 1. The third kappa shape index (κ3) is 4.49. The zero-order chi connectivity index (χ0) is 15.3. The Bertz CT molecular complexity index is 524. The first-order chi connectivity index (χ1) is 10.0. The average Bonchev–Trinajstić information content (AvgIpc) is 2.85. The average molecular weight is 307 g/mol. The number of benzene rings is 1. The largest absolute Gasteiger partial charge is 0.481 e. The molecular weight excluding hydrogens is 286 g/mol. The van der Waals surface area contributed by atoms with Crippen LogP contribution in [0, 0.1) is 5.41 Å². The number of carboxylic acids is 1. The Hall–Kier alpha value is -1.49. The highest BCUT2D eigenvalue weighted by Gasteiger charge is 2.37. The van der Waals surface area contributed by atoms with Gasteiger partial charge in [0.1, 0.15) is 0 Å². The quantitative estimate of drug-likeness (QED) is 0.785. The summed E-state index contributed by atoms with van der Waals surface area (Å²) in [4.78, 5) is 24.4. The first-order valence-corrected chi connectivity index (χ1v) is 8.41. The molecule has 114 valence electrons. The number of anilines is 1. The second kappa shape index (κ2) is 6.98. The summed E-state index contributed by atoms with van der Waals surface area (Å²) in [6, 6.07) is 7.68. The van der Waals surface area contributed by atoms with E-state index in [0.29, 0.717) is 6.42 Å². The molecule has 0 aliphatic heterocycles. The van der Waals surface area contributed by atoms with Gasteiger partial charge < -0.3 is 10.4 Å². The van der Waals surface area contributed by atoms with Gasteiger partial charge in [-0.1, -0.05) is 18.9 Å². The van der Waals surface area contributed by atoms with E-state index >= 15 is 0 Å². The lowest BCUT2D eigenvalue weighted by molar-refractivity contribution is -0.140. The predicted molar refractivity (Wildman–Crippen MR) is 84.6 cm³/mol. The van der Waals surface area contributed by atoms with E-state index in [0.717, 1.165) is 36.3 Å². The van der Waals surface area contributed by atoms with Crippen LogP contribution < -0.4 is 5.32 Å². The van der Waals surface area contributed by atoms with E-state index in [4.69, 9.17) is 5.11 Å². The summed E-state index contributed by atoms with van der Waals surface area (Å²) in [5, 5.41) is 12.0. The van der Waals surface area contributed by atoms with Crippen LogP contribution in [0.4, 0.5) is 5.69 Å². The van der Waals surface area contributed by atoms with Crippen LogP contribution in [-0.4, -0.2) is 23.2 Å². The molecule has 0 heterocycles. The van der Waals surface area contributed by atoms with Gasteiger partial charge in [0, 0.05) is 17.0 Å². The number of thioether (sulfide) groups is 1. The Labute approximate surface area is 129 Å². The van der Waals surface area contributed by atoms with Gasteiger partial charge in [0.2, 0.25) is 5.91 Å². The minimum Gasteiger partial charge on any atom is -0.481 e. The fraction of sp³-hybridized carbons (Fsp3) is 0.500. The Morgan fingerprint density at radius 1 is 1.29 bits per heavy atom. The van der Waals surface area contributed by atoms with Crippen molar-refractivity contribution in [3.63, 3.8) is 0 Å². The number of hydrogen-bond acceptors (Lipinski definition) is 3. The number of nitrogens with one attached hydrogen (secondary N) is 1. The van der Waals surface area contributed by atoms with Crippen molar-refractivity contribution in [3.05, 3.63) is 24.3 Å². The molecule has 1 aliphatic rings. The first-order valence-electron chi connectivity index (χ1n) is 7.19. The smallest absolute Gasteiger partial charge is 0.303 e. The molecule has 5 heteroatoms. The van der Waals surface area contributed by atoms with Gasteiger partial charge in [-0.25, -0.2) is 0 Å². The molecule has 2 N–H and O–H groups in total. The lowest BCUT2D eigenvalue weighted by atomic mass is 9.79. The third-order valence-corrected chi connectivity index (χ3v) is 4.80. The number of carboxylic acid groups (broad SMARTS) is 1. The van der Waals surface area contributed by atoms with E-state index in [9.17, 15) is 9.59 Å². The molecule has 1 aromatic carbocycles. The molecule has 1 saturated carbocycles. The van der Waals surface area contributed by atoms with Crippen molar-refractivity contribution in [1.29, 1.82) is 0 Å². The molecule has 4 nitrogen and oxygen atoms in total. The maximum atomic E-state index is 12.2. The van der Waals surface area contributed by atoms with Gasteiger partial charge in [-0.15, -0.1) is 11.8 Å². The molecule has 0 aromatic heterocycles. The molecule has 0 spiro atoms. The van der Waals surface area contributed by atoms with E-state index < -0.39 is 5.97 Å². The summed E-state index contributed by atoms with van der Waals surface area (Å²) in [6.07, 6.45) is 6.07. The van der Waals surface area contributed by atoms with Gasteiger partial charge in [0.25, 0.3) is 0 Å². The highest BCUT2D eigenvalue weighted by Crippen LogP contribution is 2.44. The number of carbonyl (C=O) groups excluding carboxylic acids is 1. The second-order valence-electron chi connectivity index (χ2n) is 5.73. The van der Waals surface area contributed by atoms with Crippen molar-refractivity contribution in [2.75, 3.05) is 11.6 Å². The molecule has 21 heavy (non-hydrogen) atoms. The second-order valence-corrected chi connectivity index (χ2v) is 6.61. The summed E-state index contributed by atoms with van der Waals surface area (Å²) < 4.78 is 0. The molecule has 0 unspecified atom stereocenters. The molecule has 1 aromatic rings. The molecule has 0 bridgehead atoms. The van der Waals surface area contributed by atoms with Gasteiger partial charge in [0.15, 0.2) is 0 Å². The lowest BCUT2D eigenvalue weighted by Crippen LogP contribution is -2.27.